The highest BCUT2D eigenvalue weighted by Crippen LogP contribution is 2.33. The first-order valence-corrected chi connectivity index (χ1v) is 7.13. The van der Waals surface area contributed by atoms with Gasteiger partial charge in [-0.1, -0.05) is 46.1 Å². The van der Waals surface area contributed by atoms with Crippen LogP contribution in [-0.4, -0.2) is 14.7 Å². The SMILES string of the molecule is CCc1c(O)n(-c2c(Cl)cc(Br)cc2Cl)c(=O)[nH]c1=O. The smallest absolute Gasteiger partial charge is 0.335 e. The van der Waals surface area contributed by atoms with Crippen LogP contribution < -0.4 is 11.2 Å². The Morgan fingerprint density at radius 2 is 1.85 bits per heavy atom. The quantitative estimate of drug-likeness (QED) is 0.842. The molecule has 8 heteroatoms. The number of hydrogen-bond donors (Lipinski definition) is 2. The van der Waals surface area contributed by atoms with Gasteiger partial charge in [-0.05, 0) is 18.6 Å². The molecule has 0 amide bonds. The summed E-state index contributed by atoms with van der Waals surface area (Å²) in [7, 11) is 0. The van der Waals surface area contributed by atoms with Gasteiger partial charge in [0.25, 0.3) is 5.56 Å². The zero-order chi connectivity index (χ0) is 15.0. The van der Waals surface area contributed by atoms with Crippen molar-refractivity contribution in [1.29, 1.82) is 0 Å². The number of halogens is 3. The van der Waals surface area contributed by atoms with Gasteiger partial charge in [0.1, 0.15) is 0 Å². The second-order valence-electron chi connectivity index (χ2n) is 3.97. The first-order chi connectivity index (χ1) is 9.36. The van der Waals surface area contributed by atoms with Gasteiger partial charge < -0.3 is 5.11 Å². The number of nitrogens with zero attached hydrogens (tertiary/aromatic N) is 1. The minimum Gasteiger partial charge on any atom is -0.494 e. The number of hydrogen-bond acceptors (Lipinski definition) is 3. The van der Waals surface area contributed by atoms with Crippen molar-refractivity contribution in [1.82, 2.24) is 9.55 Å². The van der Waals surface area contributed by atoms with E-state index in [1.807, 2.05) is 0 Å². The Morgan fingerprint density at radius 3 is 2.35 bits per heavy atom. The molecule has 0 aliphatic heterocycles. The van der Waals surface area contributed by atoms with Crippen LogP contribution in [0, 0.1) is 0 Å². The molecule has 0 saturated heterocycles. The van der Waals surface area contributed by atoms with Crippen molar-refractivity contribution in [2.45, 2.75) is 13.3 Å². The maximum absolute atomic E-state index is 11.9. The molecule has 5 nitrogen and oxygen atoms in total. The zero-order valence-electron chi connectivity index (χ0n) is 10.2. The van der Waals surface area contributed by atoms with Crippen molar-refractivity contribution in [3.05, 3.63) is 53.1 Å². The highest BCUT2D eigenvalue weighted by molar-refractivity contribution is 9.10. The van der Waals surface area contributed by atoms with Gasteiger partial charge in [-0.25, -0.2) is 9.36 Å². The van der Waals surface area contributed by atoms with Crippen molar-refractivity contribution < 1.29 is 5.11 Å². The third-order valence-electron chi connectivity index (χ3n) is 2.74. The summed E-state index contributed by atoms with van der Waals surface area (Å²) in [6.45, 7) is 1.68. The predicted molar refractivity (Wildman–Crippen MR) is 81.4 cm³/mol. The van der Waals surface area contributed by atoms with Crippen LogP contribution in [0.1, 0.15) is 12.5 Å². The molecule has 2 rings (SSSR count). The highest BCUT2D eigenvalue weighted by atomic mass is 79.9. The van der Waals surface area contributed by atoms with E-state index in [2.05, 4.69) is 20.9 Å². The summed E-state index contributed by atoms with van der Waals surface area (Å²) in [4.78, 5) is 25.7. The molecule has 2 aromatic rings. The molecule has 0 radical (unpaired) electrons. The Balaban J connectivity index is 2.91. The number of aromatic hydroxyl groups is 1. The lowest BCUT2D eigenvalue weighted by atomic mass is 10.2. The Kier molecular flexibility index (Phi) is 4.27. The van der Waals surface area contributed by atoms with E-state index in [0.717, 1.165) is 4.57 Å². The fourth-order valence-electron chi connectivity index (χ4n) is 1.84. The molecular formula is C12H9BrCl2N2O3. The third kappa shape index (κ3) is 2.51. The lowest BCUT2D eigenvalue weighted by Crippen LogP contribution is -2.31. The fraction of sp³-hybridized carbons (Fsp3) is 0.167. The summed E-state index contributed by atoms with van der Waals surface area (Å²) in [6.07, 6.45) is 0.257. The summed E-state index contributed by atoms with van der Waals surface area (Å²) in [5.74, 6) is -0.465. The molecule has 0 atom stereocenters. The van der Waals surface area contributed by atoms with Crippen molar-refractivity contribution >= 4 is 39.1 Å². The fourth-order valence-corrected chi connectivity index (χ4v) is 3.21. The minimum atomic E-state index is -0.809. The molecule has 2 N–H and O–H groups in total. The van der Waals surface area contributed by atoms with Gasteiger partial charge in [-0.3, -0.25) is 9.78 Å². The van der Waals surface area contributed by atoms with Crippen LogP contribution in [0.2, 0.25) is 10.0 Å². The Hall–Kier alpha value is -1.24. The average molecular weight is 380 g/mol. The van der Waals surface area contributed by atoms with Crippen molar-refractivity contribution in [3.8, 4) is 11.6 Å². The number of rotatable bonds is 2. The monoisotopic (exact) mass is 378 g/mol. The van der Waals surface area contributed by atoms with E-state index >= 15 is 0 Å². The summed E-state index contributed by atoms with van der Waals surface area (Å²) in [6, 6.07) is 3.07. The molecule has 0 unspecified atom stereocenters. The summed E-state index contributed by atoms with van der Waals surface area (Å²) >= 11 is 15.4. The van der Waals surface area contributed by atoms with E-state index in [-0.39, 0.29) is 27.7 Å². The van der Waals surface area contributed by atoms with Gasteiger partial charge in [0.05, 0.1) is 21.3 Å². The maximum atomic E-state index is 11.9. The lowest BCUT2D eigenvalue weighted by Gasteiger charge is -2.13. The van der Waals surface area contributed by atoms with Gasteiger partial charge in [0.15, 0.2) is 0 Å². The van der Waals surface area contributed by atoms with Crippen molar-refractivity contribution in [2.24, 2.45) is 0 Å². The second-order valence-corrected chi connectivity index (χ2v) is 5.70. The topological polar surface area (TPSA) is 75.1 Å². The molecule has 0 aliphatic carbocycles. The van der Waals surface area contributed by atoms with Crippen LogP contribution in [0.15, 0.2) is 26.2 Å². The number of aromatic nitrogens is 2. The van der Waals surface area contributed by atoms with Crippen LogP contribution in [0.4, 0.5) is 0 Å². The number of benzene rings is 1. The highest BCUT2D eigenvalue weighted by Gasteiger charge is 2.18. The van der Waals surface area contributed by atoms with Crippen molar-refractivity contribution in [3.63, 3.8) is 0 Å². The van der Waals surface area contributed by atoms with Crippen LogP contribution in [0.25, 0.3) is 5.69 Å². The first-order valence-electron chi connectivity index (χ1n) is 5.58. The first kappa shape index (κ1) is 15.2. The van der Waals surface area contributed by atoms with E-state index < -0.39 is 17.1 Å². The van der Waals surface area contributed by atoms with E-state index in [0.29, 0.717) is 4.47 Å². The number of aromatic amines is 1. The third-order valence-corrected chi connectivity index (χ3v) is 3.77. The van der Waals surface area contributed by atoms with Crippen molar-refractivity contribution in [2.75, 3.05) is 0 Å². The van der Waals surface area contributed by atoms with Gasteiger partial charge in [0.2, 0.25) is 5.88 Å². The average Bonchev–Trinajstić information content (AvgIpc) is 2.32. The second kappa shape index (κ2) is 5.63. The summed E-state index contributed by atoms with van der Waals surface area (Å²) in [5.41, 5.74) is -1.24. The molecule has 0 saturated carbocycles. The van der Waals surface area contributed by atoms with E-state index in [4.69, 9.17) is 23.2 Å². The van der Waals surface area contributed by atoms with E-state index in [1.54, 1.807) is 6.92 Å². The molecule has 0 bridgehead atoms. The van der Waals surface area contributed by atoms with E-state index in [9.17, 15) is 14.7 Å². The van der Waals surface area contributed by atoms with E-state index in [1.165, 1.54) is 12.1 Å². The molecule has 1 aromatic heterocycles. The van der Waals surface area contributed by atoms with Gasteiger partial charge in [-0.2, -0.15) is 0 Å². The lowest BCUT2D eigenvalue weighted by molar-refractivity contribution is 0.423. The molecule has 0 spiro atoms. The maximum Gasteiger partial charge on any atom is 0.335 e. The van der Waals surface area contributed by atoms with Crippen LogP contribution in [0.3, 0.4) is 0 Å². The summed E-state index contributed by atoms with van der Waals surface area (Å²) < 4.78 is 1.51. The summed E-state index contributed by atoms with van der Waals surface area (Å²) in [5, 5.41) is 10.5. The van der Waals surface area contributed by atoms with Crippen LogP contribution >= 0.6 is 39.1 Å². The molecule has 0 aliphatic rings. The van der Waals surface area contributed by atoms with Crippen LogP contribution in [0.5, 0.6) is 5.88 Å². The molecule has 0 fully saturated rings. The minimum absolute atomic E-state index is 0.0830. The molecular weight excluding hydrogens is 371 g/mol. The Bertz CT molecular complexity index is 775. The zero-order valence-corrected chi connectivity index (χ0v) is 13.3. The number of H-pyrrole nitrogens is 1. The largest absolute Gasteiger partial charge is 0.494 e. The molecule has 106 valence electrons. The van der Waals surface area contributed by atoms with Crippen LogP contribution in [-0.2, 0) is 6.42 Å². The predicted octanol–water partition coefficient (Wildman–Crippen LogP) is 2.86. The molecule has 1 heterocycles. The standard InChI is InChI=1S/C12H9BrCl2N2O3/c1-2-6-10(18)16-12(20)17(11(6)19)9-7(14)3-5(13)4-8(9)15/h3-4,19H,2H2,1H3,(H,16,18,20). The van der Waals surface area contributed by atoms with Gasteiger partial charge in [-0.15, -0.1) is 0 Å². The van der Waals surface area contributed by atoms with Gasteiger partial charge in [0, 0.05) is 4.47 Å². The Morgan fingerprint density at radius 1 is 1.30 bits per heavy atom. The number of nitrogens with one attached hydrogen (secondary N) is 1. The Labute approximate surface area is 131 Å². The normalized spacial score (nSPS) is 10.8. The molecule has 20 heavy (non-hydrogen) atoms. The van der Waals surface area contributed by atoms with Gasteiger partial charge >= 0.3 is 5.69 Å². The molecule has 1 aromatic carbocycles.